The molecule has 0 aliphatic carbocycles. The highest BCUT2D eigenvalue weighted by Gasteiger charge is 2.30. The van der Waals surface area contributed by atoms with Gasteiger partial charge >= 0.3 is 0 Å². The van der Waals surface area contributed by atoms with E-state index < -0.39 is 5.54 Å². The fourth-order valence-electron chi connectivity index (χ4n) is 2.49. The van der Waals surface area contributed by atoms with Crippen molar-refractivity contribution < 1.29 is 0 Å². The zero-order chi connectivity index (χ0) is 16.3. The predicted molar refractivity (Wildman–Crippen MR) is 92.9 cm³/mol. The van der Waals surface area contributed by atoms with Gasteiger partial charge in [0, 0.05) is 17.1 Å². The molecule has 0 saturated carbocycles. The highest BCUT2D eigenvalue weighted by Crippen LogP contribution is 2.27. The summed E-state index contributed by atoms with van der Waals surface area (Å²) >= 11 is 5.94. The fraction of sp³-hybridized carbons (Fsp3) is 0.111. The Bertz CT molecular complexity index is 790. The van der Waals surface area contributed by atoms with Gasteiger partial charge in [0.15, 0.2) is 0 Å². The zero-order valence-corrected chi connectivity index (χ0v) is 13.2. The maximum absolute atomic E-state index is 6.57. The second-order valence-corrected chi connectivity index (χ2v) is 5.77. The Kier molecular flexibility index (Phi) is 4.39. The molecule has 23 heavy (non-hydrogen) atoms. The van der Waals surface area contributed by atoms with Crippen molar-refractivity contribution in [2.45, 2.75) is 5.54 Å². The highest BCUT2D eigenvalue weighted by atomic mass is 35.5. The minimum Gasteiger partial charge on any atom is -0.328 e. The predicted octanol–water partition coefficient (Wildman–Crippen LogP) is 2.96. The molecular weight excluding hydrogens is 308 g/mol. The number of hydrogen-bond donors (Lipinski definition) is 2. The SMILES string of the molecule is NCC(N)(c1ccccc1)c1cc(-c2ccc(Cl)cc2)ncn1. The molecule has 4 N–H and O–H groups in total. The van der Waals surface area contributed by atoms with Crippen molar-refractivity contribution in [3.8, 4) is 11.3 Å². The lowest BCUT2D eigenvalue weighted by Gasteiger charge is -2.28. The van der Waals surface area contributed by atoms with E-state index in [1.54, 1.807) is 0 Å². The van der Waals surface area contributed by atoms with Gasteiger partial charge in [-0.25, -0.2) is 9.97 Å². The second kappa shape index (κ2) is 6.46. The monoisotopic (exact) mass is 324 g/mol. The van der Waals surface area contributed by atoms with Crippen LogP contribution in [0.4, 0.5) is 0 Å². The molecule has 0 spiro atoms. The molecule has 4 nitrogen and oxygen atoms in total. The van der Waals surface area contributed by atoms with Crippen molar-refractivity contribution in [3.63, 3.8) is 0 Å². The number of rotatable bonds is 4. The molecule has 1 aromatic heterocycles. The van der Waals surface area contributed by atoms with Gasteiger partial charge < -0.3 is 11.5 Å². The Morgan fingerprint density at radius 2 is 1.65 bits per heavy atom. The third-order valence-corrected chi connectivity index (χ3v) is 4.13. The van der Waals surface area contributed by atoms with Gasteiger partial charge in [0.2, 0.25) is 0 Å². The van der Waals surface area contributed by atoms with Crippen LogP contribution in [0, 0.1) is 0 Å². The molecule has 0 radical (unpaired) electrons. The molecule has 2 aromatic carbocycles. The van der Waals surface area contributed by atoms with E-state index in [2.05, 4.69) is 9.97 Å². The van der Waals surface area contributed by atoms with E-state index in [0.717, 1.165) is 16.8 Å². The summed E-state index contributed by atoms with van der Waals surface area (Å²) in [6.45, 7) is 0.244. The minimum atomic E-state index is -0.856. The van der Waals surface area contributed by atoms with Gasteiger partial charge in [0.05, 0.1) is 16.9 Å². The third-order valence-electron chi connectivity index (χ3n) is 3.88. The van der Waals surface area contributed by atoms with Gasteiger partial charge in [-0.15, -0.1) is 0 Å². The van der Waals surface area contributed by atoms with Gasteiger partial charge in [-0.05, 0) is 23.8 Å². The Balaban J connectivity index is 2.06. The smallest absolute Gasteiger partial charge is 0.116 e. The first-order chi connectivity index (χ1) is 11.1. The van der Waals surface area contributed by atoms with Crippen LogP contribution in [-0.4, -0.2) is 16.5 Å². The number of benzene rings is 2. The largest absolute Gasteiger partial charge is 0.328 e. The highest BCUT2D eigenvalue weighted by molar-refractivity contribution is 6.30. The van der Waals surface area contributed by atoms with E-state index in [1.807, 2.05) is 60.7 Å². The second-order valence-electron chi connectivity index (χ2n) is 5.34. The quantitative estimate of drug-likeness (QED) is 0.773. The van der Waals surface area contributed by atoms with Crippen molar-refractivity contribution in [1.82, 2.24) is 9.97 Å². The summed E-state index contributed by atoms with van der Waals surface area (Å²) in [6.07, 6.45) is 1.51. The van der Waals surface area contributed by atoms with E-state index in [-0.39, 0.29) is 6.54 Å². The van der Waals surface area contributed by atoms with E-state index in [9.17, 15) is 0 Å². The lowest BCUT2D eigenvalue weighted by atomic mass is 9.87. The first-order valence-electron chi connectivity index (χ1n) is 7.26. The van der Waals surface area contributed by atoms with Crippen molar-refractivity contribution in [2.75, 3.05) is 6.54 Å². The van der Waals surface area contributed by atoms with Gasteiger partial charge in [-0.2, -0.15) is 0 Å². The molecule has 0 fully saturated rings. The third kappa shape index (κ3) is 3.10. The van der Waals surface area contributed by atoms with Crippen molar-refractivity contribution >= 4 is 11.6 Å². The number of hydrogen-bond acceptors (Lipinski definition) is 4. The maximum Gasteiger partial charge on any atom is 0.116 e. The number of aromatic nitrogens is 2. The van der Waals surface area contributed by atoms with E-state index in [4.69, 9.17) is 23.1 Å². The van der Waals surface area contributed by atoms with Gasteiger partial charge in [-0.1, -0.05) is 54.1 Å². The van der Waals surface area contributed by atoms with Gasteiger partial charge in [-0.3, -0.25) is 0 Å². The molecule has 3 rings (SSSR count). The molecule has 0 aliphatic heterocycles. The summed E-state index contributed by atoms with van der Waals surface area (Å²) in [6, 6.07) is 19.1. The van der Waals surface area contributed by atoms with E-state index in [1.165, 1.54) is 6.33 Å². The molecule has 0 aliphatic rings. The molecule has 1 atom stereocenters. The van der Waals surface area contributed by atoms with Crippen LogP contribution in [0.1, 0.15) is 11.3 Å². The minimum absolute atomic E-state index is 0.244. The average Bonchev–Trinajstić information content (AvgIpc) is 2.62. The van der Waals surface area contributed by atoms with Crippen molar-refractivity contribution in [2.24, 2.45) is 11.5 Å². The van der Waals surface area contributed by atoms with Crippen molar-refractivity contribution in [3.05, 3.63) is 83.3 Å². The first kappa shape index (κ1) is 15.6. The molecule has 0 amide bonds. The van der Waals surface area contributed by atoms with Gasteiger partial charge in [0.1, 0.15) is 6.33 Å². The molecule has 0 bridgehead atoms. The molecule has 116 valence electrons. The summed E-state index contributed by atoms with van der Waals surface area (Å²) in [5.74, 6) is 0. The fourth-order valence-corrected chi connectivity index (χ4v) is 2.61. The van der Waals surface area contributed by atoms with E-state index >= 15 is 0 Å². The van der Waals surface area contributed by atoms with Crippen LogP contribution >= 0.6 is 11.6 Å². The van der Waals surface area contributed by atoms with Crippen LogP contribution in [0.25, 0.3) is 11.3 Å². The Hall–Kier alpha value is -2.27. The topological polar surface area (TPSA) is 77.8 Å². The van der Waals surface area contributed by atoms with Crippen LogP contribution in [0.15, 0.2) is 67.0 Å². The molecule has 1 unspecified atom stereocenters. The molecule has 0 saturated heterocycles. The Morgan fingerprint density at radius 3 is 2.30 bits per heavy atom. The van der Waals surface area contributed by atoms with Crippen LogP contribution < -0.4 is 11.5 Å². The molecule has 1 heterocycles. The number of nitrogens with two attached hydrogens (primary N) is 2. The van der Waals surface area contributed by atoms with Crippen LogP contribution in [0.2, 0.25) is 5.02 Å². The normalized spacial score (nSPS) is 13.5. The summed E-state index contributed by atoms with van der Waals surface area (Å²) in [7, 11) is 0. The van der Waals surface area contributed by atoms with Gasteiger partial charge in [0.25, 0.3) is 0 Å². The lowest BCUT2D eigenvalue weighted by molar-refractivity contribution is 0.533. The Morgan fingerprint density at radius 1 is 0.957 bits per heavy atom. The lowest BCUT2D eigenvalue weighted by Crippen LogP contribution is -2.45. The van der Waals surface area contributed by atoms with Crippen molar-refractivity contribution in [1.29, 1.82) is 0 Å². The average molecular weight is 325 g/mol. The Labute approximate surface area is 140 Å². The maximum atomic E-state index is 6.57. The number of nitrogens with zero attached hydrogens (tertiary/aromatic N) is 2. The summed E-state index contributed by atoms with van der Waals surface area (Å²) in [4.78, 5) is 8.69. The summed E-state index contributed by atoms with van der Waals surface area (Å²) in [5, 5.41) is 0.683. The molecule has 3 aromatic rings. The van der Waals surface area contributed by atoms with Crippen LogP contribution in [0.3, 0.4) is 0 Å². The molecule has 5 heteroatoms. The van der Waals surface area contributed by atoms with Crippen LogP contribution in [0.5, 0.6) is 0 Å². The van der Waals surface area contributed by atoms with E-state index in [0.29, 0.717) is 10.7 Å². The molecular formula is C18H17ClN4. The zero-order valence-electron chi connectivity index (χ0n) is 12.5. The standard InChI is InChI=1S/C18H17ClN4/c19-15-8-6-13(7-9-15)16-10-17(23-12-22-16)18(21,11-20)14-4-2-1-3-5-14/h1-10,12H,11,20-21H2. The first-order valence-corrected chi connectivity index (χ1v) is 7.64. The summed E-state index contributed by atoms with van der Waals surface area (Å²) in [5.41, 5.74) is 15.0. The van der Waals surface area contributed by atoms with Crippen LogP contribution in [-0.2, 0) is 5.54 Å². The number of halogens is 1. The summed E-state index contributed by atoms with van der Waals surface area (Å²) < 4.78 is 0.